The molecule has 0 atom stereocenters. The van der Waals surface area contributed by atoms with Gasteiger partial charge in [-0.1, -0.05) is 19.1 Å². The van der Waals surface area contributed by atoms with Crippen molar-refractivity contribution in [1.29, 1.82) is 0 Å². The van der Waals surface area contributed by atoms with Crippen molar-refractivity contribution in [3.63, 3.8) is 0 Å². The number of hydrogen-bond acceptors (Lipinski definition) is 4. The molecule has 0 aromatic heterocycles. The molecule has 0 amide bonds. The summed E-state index contributed by atoms with van der Waals surface area (Å²) in [7, 11) is 2.27. The average molecular weight is 223 g/mol. The highest BCUT2D eigenvalue weighted by molar-refractivity contribution is 6.60. The third-order valence-corrected chi connectivity index (χ3v) is 2.24. The number of para-hydroxylation sites is 1. The Bertz CT molecular complexity index is 316. The quantitative estimate of drug-likeness (QED) is 0.701. The Morgan fingerprint density at radius 2 is 2.00 bits per heavy atom. The molecule has 0 bridgehead atoms. The van der Waals surface area contributed by atoms with Gasteiger partial charge in [0.05, 0.1) is 12.3 Å². The molecule has 0 aliphatic heterocycles. The molecule has 0 saturated heterocycles. The van der Waals surface area contributed by atoms with Gasteiger partial charge in [-0.3, -0.25) is 0 Å². The van der Waals surface area contributed by atoms with Crippen LogP contribution in [0.5, 0.6) is 5.75 Å². The lowest BCUT2D eigenvalue weighted by molar-refractivity contribution is 0.318. The van der Waals surface area contributed by atoms with Crippen molar-refractivity contribution in [2.24, 2.45) is 0 Å². The summed E-state index contributed by atoms with van der Waals surface area (Å²) >= 11 is 0. The molecular weight excluding hydrogens is 205 g/mol. The number of nitrogens with zero attached hydrogens (tertiary/aromatic N) is 1. The van der Waals surface area contributed by atoms with Crippen molar-refractivity contribution in [3.05, 3.63) is 18.2 Å². The Kier molecular flexibility index (Phi) is 4.64. The number of ether oxygens (including phenoxy) is 1. The number of rotatable bonds is 5. The van der Waals surface area contributed by atoms with Crippen LogP contribution < -0.4 is 15.1 Å². The molecule has 0 spiro atoms. The predicted molar refractivity (Wildman–Crippen MR) is 66.4 cm³/mol. The number of hydrogen-bond donors (Lipinski definition) is 2. The minimum Gasteiger partial charge on any atom is -0.492 e. The van der Waals surface area contributed by atoms with Gasteiger partial charge in [0, 0.05) is 19.6 Å². The van der Waals surface area contributed by atoms with E-state index in [9.17, 15) is 10.0 Å². The molecule has 0 fully saturated rings. The van der Waals surface area contributed by atoms with Crippen LogP contribution in [0.1, 0.15) is 13.3 Å². The molecule has 0 unspecified atom stereocenters. The van der Waals surface area contributed by atoms with Gasteiger partial charge in [-0.15, -0.1) is 0 Å². The third kappa shape index (κ3) is 2.90. The molecule has 0 saturated carbocycles. The van der Waals surface area contributed by atoms with Crippen LogP contribution in [0.2, 0.25) is 0 Å². The fraction of sp³-hybridized carbons (Fsp3) is 0.455. The largest absolute Gasteiger partial charge is 0.492 e. The Morgan fingerprint density at radius 3 is 2.50 bits per heavy atom. The molecule has 88 valence electrons. The molecule has 0 heterocycles. The van der Waals surface area contributed by atoms with E-state index in [0.29, 0.717) is 17.8 Å². The highest BCUT2D eigenvalue weighted by Crippen LogP contribution is 2.24. The van der Waals surface area contributed by atoms with Crippen LogP contribution in [0.15, 0.2) is 18.2 Å². The van der Waals surface area contributed by atoms with Crippen LogP contribution in [-0.4, -0.2) is 37.9 Å². The van der Waals surface area contributed by atoms with Gasteiger partial charge in [-0.2, -0.15) is 0 Å². The van der Waals surface area contributed by atoms with Gasteiger partial charge in [0.15, 0.2) is 0 Å². The van der Waals surface area contributed by atoms with E-state index >= 15 is 0 Å². The molecule has 4 nitrogen and oxygen atoms in total. The molecule has 1 rings (SSSR count). The van der Waals surface area contributed by atoms with Gasteiger partial charge in [0.1, 0.15) is 5.75 Å². The highest BCUT2D eigenvalue weighted by Gasteiger charge is 2.20. The lowest BCUT2D eigenvalue weighted by Gasteiger charge is -2.20. The summed E-state index contributed by atoms with van der Waals surface area (Å²) in [4.78, 5) is 1.89. The fourth-order valence-corrected chi connectivity index (χ4v) is 1.46. The molecule has 0 aliphatic carbocycles. The molecular formula is C11H18BNO3. The summed E-state index contributed by atoms with van der Waals surface area (Å²) in [6, 6.07) is 5.32. The summed E-state index contributed by atoms with van der Waals surface area (Å²) < 4.78 is 5.58. The van der Waals surface area contributed by atoms with E-state index in [1.54, 1.807) is 12.1 Å². The van der Waals surface area contributed by atoms with E-state index in [4.69, 9.17) is 4.74 Å². The second kappa shape index (κ2) is 5.77. The Balaban J connectivity index is 3.12. The van der Waals surface area contributed by atoms with Crippen molar-refractivity contribution in [3.8, 4) is 5.75 Å². The monoisotopic (exact) mass is 223 g/mol. The zero-order valence-corrected chi connectivity index (χ0v) is 9.97. The summed E-state index contributed by atoms with van der Waals surface area (Å²) in [5.41, 5.74) is 1.25. The van der Waals surface area contributed by atoms with Crippen molar-refractivity contribution in [2.75, 3.05) is 25.6 Å². The van der Waals surface area contributed by atoms with Crippen LogP contribution in [-0.2, 0) is 0 Å². The van der Waals surface area contributed by atoms with Gasteiger partial charge >= 0.3 is 7.12 Å². The van der Waals surface area contributed by atoms with E-state index in [1.807, 2.05) is 32.0 Å². The topological polar surface area (TPSA) is 52.9 Å². The summed E-state index contributed by atoms with van der Waals surface area (Å²) in [6.45, 7) is 2.57. The van der Waals surface area contributed by atoms with Crippen molar-refractivity contribution in [2.45, 2.75) is 13.3 Å². The first-order valence-electron chi connectivity index (χ1n) is 5.37. The maximum absolute atomic E-state index is 9.27. The zero-order valence-electron chi connectivity index (χ0n) is 9.97. The van der Waals surface area contributed by atoms with Crippen LogP contribution in [0, 0.1) is 0 Å². The maximum atomic E-state index is 9.27. The summed E-state index contributed by atoms with van der Waals surface area (Å²) in [5, 5.41) is 18.5. The lowest BCUT2D eigenvalue weighted by atomic mass is 9.79. The predicted octanol–water partition coefficient (Wildman–Crippen LogP) is 0.221. The number of anilines is 1. The SMILES string of the molecule is CCCOc1c(B(O)O)cccc1N(C)C. The minimum atomic E-state index is -1.51. The van der Waals surface area contributed by atoms with E-state index in [2.05, 4.69) is 0 Å². The molecule has 2 N–H and O–H groups in total. The zero-order chi connectivity index (χ0) is 12.1. The van der Waals surface area contributed by atoms with Gasteiger partial charge in [0.2, 0.25) is 0 Å². The molecule has 0 aliphatic rings. The fourth-order valence-electron chi connectivity index (χ4n) is 1.46. The second-order valence-electron chi connectivity index (χ2n) is 3.81. The average Bonchev–Trinajstić information content (AvgIpc) is 2.25. The van der Waals surface area contributed by atoms with Crippen LogP contribution in [0.25, 0.3) is 0 Å². The first-order valence-corrected chi connectivity index (χ1v) is 5.37. The molecule has 16 heavy (non-hydrogen) atoms. The highest BCUT2D eigenvalue weighted by atomic mass is 16.5. The van der Waals surface area contributed by atoms with Gasteiger partial charge in [-0.05, 0) is 12.5 Å². The van der Waals surface area contributed by atoms with E-state index in [-0.39, 0.29) is 0 Å². The molecule has 5 heteroatoms. The third-order valence-electron chi connectivity index (χ3n) is 2.24. The van der Waals surface area contributed by atoms with Gasteiger partial charge < -0.3 is 19.7 Å². The standard InChI is InChI=1S/C11H18BNO3/c1-4-8-16-11-9(12(14)15)6-5-7-10(11)13(2)3/h5-7,14-15H,4,8H2,1-3H3. The van der Waals surface area contributed by atoms with Gasteiger partial charge in [-0.25, -0.2) is 0 Å². The van der Waals surface area contributed by atoms with Crippen molar-refractivity contribution in [1.82, 2.24) is 0 Å². The van der Waals surface area contributed by atoms with Crippen LogP contribution >= 0.6 is 0 Å². The maximum Gasteiger partial charge on any atom is 0.492 e. The van der Waals surface area contributed by atoms with Gasteiger partial charge in [0.25, 0.3) is 0 Å². The molecule has 0 radical (unpaired) electrons. The molecule has 1 aromatic carbocycles. The first kappa shape index (κ1) is 12.9. The van der Waals surface area contributed by atoms with E-state index in [0.717, 1.165) is 12.1 Å². The van der Waals surface area contributed by atoms with E-state index < -0.39 is 7.12 Å². The lowest BCUT2D eigenvalue weighted by Crippen LogP contribution is -2.32. The second-order valence-corrected chi connectivity index (χ2v) is 3.81. The first-order chi connectivity index (χ1) is 7.57. The Labute approximate surface area is 96.6 Å². The van der Waals surface area contributed by atoms with Crippen molar-refractivity contribution >= 4 is 18.3 Å². The van der Waals surface area contributed by atoms with Crippen LogP contribution in [0.4, 0.5) is 5.69 Å². The van der Waals surface area contributed by atoms with Crippen molar-refractivity contribution < 1.29 is 14.8 Å². The smallest absolute Gasteiger partial charge is 0.492 e. The summed E-state index contributed by atoms with van der Waals surface area (Å²) in [6.07, 6.45) is 0.878. The number of benzene rings is 1. The Morgan fingerprint density at radius 1 is 1.31 bits per heavy atom. The Hall–Kier alpha value is -1.20. The minimum absolute atomic E-state index is 0.402. The van der Waals surface area contributed by atoms with Crippen LogP contribution in [0.3, 0.4) is 0 Å². The molecule has 1 aromatic rings. The summed E-state index contributed by atoms with van der Waals surface area (Å²) in [5.74, 6) is 0.546. The normalized spacial score (nSPS) is 10.1. The van der Waals surface area contributed by atoms with E-state index in [1.165, 1.54) is 0 Å².